The normalized spacial score (nSPS) is 12.1. The smallest absolute Gasteiger partial charge is 0.269 e. The molecule has 2 heterocycles. The minimum Gasteiger partial charge on any atom is -0.364 e. The van der Waals surface area contributed by atoms with Crippen LogP contribution in [-0.2, 0) is 0 Å². The summed E-state index contributed by atoms with van der Waals surface area (Å²) in [7, 11) is 0. The van der Waals surface area contributed by atoms with Crippen LogP contribution in [0.5, 0.6) is 0 Å². The van der Waals surface area contributed by atoms with Gasteiger partial charge in [-0.15, -0.1) is 10.2 Å². The maximum Gasteiger partial charge on any atom is 0.269 e. The topological polar surface area (TPSA) is 110 Å². The average Bonchev–Trinajstić information content (AvgIpc) is 2.83. The van der Waals surface area contributed by atoms with E-state index in [-0.39, 0.29) is 11.7 Å². The number of nitrogens with one attached hydrogen (secondary N) is 2. The standard InChI is InChI=1S/C10H12N6O/c1-6(7-4-12-13-5-7)14-9-3-2-8(10(11)17)15-16-9/h2-6H,1H3,(H2,11,17)(H,12,13)(H,14,16). The van der Waals surface area contributed by atoms with Crippen molar-refractivity contribution in [2.75, 3.05) is 5.32 Å². The highest BCUT2D eigenvalue weighted by molar-refractivity contribution is 5.90. The molecule has 2 rings (SSSR count). The Labute approximate surface area is 97.4 Å². The Hall–Kier alpha value is -2.44. The van der Waals surface area contributed by atoms with Gasteiger partial charge in [0.15, 0.2) is 5.69 Å². The Morgan fingerprint density at radius 3 is 2.82 bits per heavy atom. The minimum atomic E-state index is -0.591. The zero-order valence-corrected chi connectivity index (χ0v) is 9.21. The van der Waals surface area contributed by atoms with Crippen LogP contribution in [0.25, 0.3) is 0 Å². The van der Waals surface area contributed by atoms with Gasteiger partial charge in [0.1, 0.15) is 5.82 Å². The van der Waals surface area contributed by atoms with Crippen molar-refractivity contribution in [2.24, 2.45) is 5.73 Å². The van der Waals surface area contributed by atoms with E-state index in [9.17, 15) is 4.79 Å². The number of H-pyrrole nitrogens is 1. The van der Waals surface area contributed by atoms with Crippen LogP contribution in [-0.4, -0.2) is 26.3 Å². The van der Waals surface area contributed by atoms with Crippen LogP contribution in [0, 0.1) is 0 Å². The summed E-state index contributed by atoms with van der Waals surface area (Å²) >= 11 is 0. The summed E-state index contributed by atoms with van der Waals surface area (Å²) in [5.41, 5.74) is 6.22. The highest BCUT2D eigenvalue weighted by Crippen LogP contribution is 2.15. The molecule has 0 aliphatic carbocycles. The molecule has 0 spiro atoms. The van der Waals surface area contributed by atoms with E-state index in [0.29, 0.717) is 5.82 Å². The molecule has 88 valence electrons. The Morgan fingerprint density at radius 2 is 2.29 bits per heavy atom. The molecule has 4 N–H and O–H groups in total. The van der Waals surface area contributed by atoms with Crippen LogP contribution in [0.15, 0.2) is 24.5 Å². The largest absolute Gasteiger partial charge is 0.364 e. The third-order valence-electron chi connectivity index (χ3n) is 2.30. The van der Waals surface area contributed by atoms with Gasteiger partial charge in [0.2, 0.25) is 0 Å². The molecular weight excluding hydrogens is 220 g/mol. The Balaban J connectivity index is 2.06. The van der Waals surface area contributed by atoms with Crippen molar-refractivity contribution >= 4 is 11.7 Å². The van der Waals surface area contributed by atoms with Crippen molar-refractivity contribution in [3.8, 4) is 0 Å². The Kier molecular flexibility index (Phi) is 2.99. The van der Waals surface area contributed by atoms with Gasteiger partial charge < -0.3 is 11.1 Å². The van der Waals surface area contributed by atoms with Crippen LogP contribution in [0.3, 0.4) is 0 Å². The van der Waals surface area contributed by atoms with Gasteiger partial charge in [-0.2, -0.15) is 5.10 Å². The number of carbonyl (C=O) groups excluding carboxylic acids is 1. The van der Waals surface area contributed by atoms with E-state index < -0.39 is 5.91 Å². The molecule has 0 aliphatic rings. The molecule has 1 atom stereocenters. The van der Waals surface area contributed by atoms with E-state index in [1.165, 1.54) is 6.07 Å². The summed E-state index contributed by atoms with van der Waals surface area (Å²) in [6.07, 6.45) is 3.52. The first kappa shape index (κ1) is 11.1. The lowest BCUT2D eigenvalue weighted by molar-refractivity contribution is 0.0994. The highest BCUT2D eigenvalue weighted by atomic mass is 16.1. The number of hydrogen-bond donors (Lipinski definition) is 3. The van der Waals surface area contributed by atoms with Crippen molar-refractivity contribution in [3.05, 3.63) is 35.8 Å². The number of nitrogens with zero attached hydrogens (tertiary/aromatic N) is 3. The second-order valence-corrected chi connectivity index (χ2v) is 3.57. The summed E-state index contributed by atoms with van der Waals surface area (Å²) < 4.78 is 0. The predicted molar refractivity (Wildman–Crippen MR) is 61.2 cm³/mol. The van der Waals surface area contributed by atoms with E-state index in [1.807, 2.05) is 6.92 Å². The molecule has 0 aromatic carbocycles. The van der Waals surface area contributed by atoms with Crippen molar-refractivity contribution in [1.29, 1.82) is 0 Å². The van der Waals surface area contributed by atoms with E-state index in [1.54, 1.807) is 18.5 Å². The second-order valence-electron chi connectivity index (χ2n) is 3.57. The maximum atomic E-state index is 10.8. The molecule has 0 bridgehead atoms. The first-order valence-electron chi connectivity index (χ1n) is 5.05. The van der Waals surface area contributed by atoms with Crippen LogP contribution < -0.4 is 11.1 Å². The molecule has 17 heavy (non-hydrogen) atoms. The first-order valence-corrected chi connectivity index (χ1v) is 5.05. The highest BCUT2D eigenvalue weighted by Gasteiger charge is 2.08. The van der Waals surface area contributed by atoms with E-state index in [2.05, 4.69) is 25.7 Å². The summed E-state index contributed by atoms with van der Waals surface area (Å²) in [6.45, 7) is 1.97. The van der Waals surface area contributed by atoms with Crippen molar-refractivity contribution < 1.29 is 4.79 Å². The van der Waals surface area contributed by atoms with Gasteiger partial charge in [-0.25, -0.2) is 0 Å². The van der Waals surface area contributed by atoms with Gasteiger partial charge in [0, 0.05) is 11.8 Å². The minimum absolute atomic E-state index is 0.0440. The van der Waals surface area contributed by atoms with Gasteiger partial charge in [-0.05, 0) is 19.1 Å². The van der Waals surface area contributed by atoms with Crippen molar-refractivity contribution in [3.63, 3.8) is 0 Å². The van der Waals surface area contributed by atoms with Crippen LogP contribution in [0.4, 0.5) is 5.82 Å². The number of hydrogen-bond acceptors (Lipinski definition) is 5. The molecule has 7 nitrogen and oxygen atoms in total. The fourth-order valence-corrected chi connectivity index (χ4v) is 1.34. The third-order valence-corrected chi connectivity index (χ3v) is 2.30. The SMILES string of the molecule is CC(Nc1ccc(C(N)=O)nn1)c1cn[nH]c1. The zero-order valence-electron chi connectivity index (χ0n) is 9.21. The number of rotatable bonds is 4. The van der Waals surface area contributed by atoms with Crippen LogP contribution in [0.1, 0.15) is 29.0 Å². The molecule has 0 fully saturated rings. The predicted octanol–water partition coefficient (Wildman–Crippen LogP) is 0.472. The van der Waals surface area contributed by atoms with Gasteiger partial charge in [-0.1, -0.05) is 0 Å². The van der Waals surface area contributed by atoms with Crippen LogP contribution in [0.2, 0.25) is 0 Å². The van der Waals surface area contributed by atoms with Crippen LogP contribution >= 0.6 is 0 Å². The van der Waals surface area contributed by atoms with Gasteiger partial charge >= 0.3 is 0 Å². The maximum absolute atomic E-state index is 10.8. The third kappa shape index (κ3) is 2.57. The number of primary amides is 1. The lowest BCUT2D eigenvalue weighted by Gasteiger charge is -2.11. The number of aromatic amines is 1. The van der Waals surface area contributed by atoms with Crippen molar-refractivity contribution in [2.45, 2.75) is 13.0 Å². The molecule has 0 radical (unpaired) electrons. The van der Waals surface area contributed by atoms with E-state index in [0.717, 1.165) is 5.56 Å². The number of nitrogens with two attached hydrogens (primary N) is 1. The van der Waals surface area contributed by atoms with E-state index in [4.69, 9.17) is 5.73 Å². The summed E-state index contributed by atoms with van der Waals surface area (Å²) in [6, 6.07) is 3.23. The fraction of sp³-hybridized carbons (Fsp3) is 0.200. The van der Waals surface area contributed by atoms with E-state index >= 15 is 0 Å². The number of anilines is 1. The summed E-state index contributed by atoms with van der Waals surface area (Å²) in [5.74, 6) is -0.0179. The fourth-order valence-electron chi connectivity index (χ4n) is 1.34. The molecule has 2 aromatic rings. The molecule has 0 aliphatic heterocycles. The lowest BCUT2D eigenvalue weighted by atomic mass is 10.2. The molecule has 7 heteroatoms. The molecule has 2 aromatic heterocycles. The van der Waals surface area contributed by atoms with Crippen molar-refractivity contribution in [1.82, 2.24) is 20.4 Å². The first-order chi connectivity index (χ1) is 8.16. The lowest BCUT2D eigenvalue weighted by Crippen LogP contribution is -2.15. The second kappa shape index (κ2) is 4.60. The molecule has 1 unspecified atom stereocenters. The van der Waals surface area contributed by atoms with Gasteiger partial charge in [0.05, 0.1) is 12.2 Å². The summed E-state index contributed by atoms with van der Waals surface area (Å²) in [5, 5.41) is 17.3. The Morgan fingerprint density at radius 1 is 1.47 bits per heavy atom. The number of aromatic nitrogens is 4. The van der Waals surface area contributed by atoms with Gasteiger partial charge in [0.25, 0.3) is 5.91 Å². The molecule has 1 amide bonds. The van der Waals surface area contributed by atoms with Gasteiger partial charge in [-0.3, -0.25) is 9.89 Å². The quantitative estimate of drug-likeness (QED) is 0.709. The summed E-state index contributed by atoms with van der Waals surface area (Å²) in [4.78, 5) is 10.8. The number of amides is 1. The monoisotopic (exact) mass is 232 g/mol. The molecular formula is C10H12N6O. The molecule has 0 saturated carbocycles. The molecule has 0 saturated heterocycles. The zero-order chi connectivity index (χ0) is 12.3. The Bertz CT molecular complexity index is 492. The average molecular weight is 232 g/mol. The number of carbonyl (C=O) groups is 1.